The van der Waals surface area contributed by atoms with E-state index in [9.17, 15) is 9.59 Å². The molecule has 0 bridgehead atoms. The topological polar surface area (TPSA) is 49.4 Å². The third-order valence-corrected chi connectivity index (χ3v) is 3.74. The van der Waals surface area contributed by atoms with Gasteiger partial charge >= 0.3 is 0 Å². The van der Waals surface area contributed by atoms with Crippen LogP contribution in [0.5, 0.6) is 0 Å². The van der Waals surface area contributed by atoms with Crippen molar-refractivity contribution in [2.45, 2.75) is 17.1 Å². The number of nitrogens with one attached hydrogen (secondary N) is 1. The maximum Gasteiger partial charge on any atom is 0.253 e. The highest BCUT2D eigenvalue weighted by molar-refractivity contribution is 8.00. The first kappa shape index (κ1) is 12.0. The molecule has 0 aromatic heterocycles. The zero-order chi connectivity index (χ0) is 12.6. The molecule has 1 aromatic carbocycles. The van der Waals surface area contributed by atoms with Crippen molar-refractivity contribution in [1.82, 2.24) is 4.90 Å². The molecule has 17 heavy (non-hydrogen) atoms. The van der Waals surface area contributed by atoms with Crippen LogP contribution >= 0.6 is 11.8 Å². The van der Waals surface area contributed by atoms with E-state index in [0.29, 0.717) is 5.56 Å². The monoisotopic (exact) mass is 250 g/mol. The first-order valence-corrected chi connectivity index (χ1v) is 6.20. The molecule has 0 saturated heterocycles. The van der Waals surface area contributed by atoms with E-state index in [4.69, 9.17) is 0 Å². The Kier molecular flexibility index (Phi) is 3.11. The highest BCUT2D eigenvalue weighted by Crippen LogP contribution is 2.35. The quantitative estimate of drug-likeness (QED) is 0.827. The van der Waals surface area contributed by atoms with Crippen molar-refractivity contribution in [2.24, 2.45) is 0 Å². The van der Waals surface area contributed by atoms with Gasteiger partial charge in [0.05, 0.1) is 10.9 Å². The zero-order valence-electron chi connectivity index (χ0n) is 9.98. The molecule has 0 fully saturated rings. The second-order valence-corrected chi connectivity index (χ2v) is 5.54. The van der Waals surface area contributed by atoms with Crippen molar-refractivity contribution in [3.63, 3.8) is 0 Å². The molecule has 0 aliphatic carbocycles. The summed E-state index contributed by atoms with van der Waals surface area (Å²) in [5.41, 5.74) is 1.31. The van der Waals surface area contributed by atoms with Crippen molar-refractivity contribution in [1.29, 1.82) is 0 Å². The Hall–Kier alpha value is -1.49. The highest BCUT2D eigenvalue weighted by Gasteiger charge is 2.23. The summed E-state index contributed by atoms with van der Waals surface area (Å²) in [7, 11) is 3.41. The SMILES string of the molecule is C[C@@H]1Sc2ccc(C(=O)N(C)C)cc2NC1=O. The summed E-state index contributed by atoms with van der Waals surface area (Å²) >= 11 is 1.51. The smallest absolute Gasteiger partial charge is 0.253 e. The second kappa shape index (κ2) is 4.41. The van der Waals surface area contributed by atoms with E-state index in [1.165, 1.54) is 16.7 Å². The minimum Gasteiger partial charge on any atom is -0.345 e. The number of carbonyl (C=O) groups excluding carboxylic acids is 2. The fraction of sp³-hybridized carbons (Fsp3) is 0.333. The predicted molar refractivity (Wildman–Crippen MR) is 68.4 cm³/mol. The van der Waals surface area contributed by atoms with Crippen molar-refractivity contribution in [3.8, 4) is 0 Å². The van der Waals surface area contributed by atoms with Crippen LogP contribution < -0.4 is 5.32 Å². The molecule has 0 unspecified atom stereocenters. The lowest BCUT2D eigenvalue weighted by Crippen LogP contribution is -2.27. The van der Waals surface area contributed by atoms with Gasteiger partial charge in [0, 0.05) is 24.6 Å². The molecular weight excluding hydrogens is 236 g/mol. The fourth-order valence-corrected chi connectivity index (χ4v) is 2.53. The van der Waals surface area contributed by atoms with Crippen molar-refractivity contribution in [2.75, 3.05) is 19.4 Å². The molecule has 1 aliphatic heterocycles. The average Bonchev–Trinajstić information content (AvgIpc) is 2.29. The molecule has 2 rings (SSSR count). The molecule has 1 atom stereocenters. The van der Waals surface area contributed by atoms with Crippen LogP contribution in [-0.4, -0.2) is 36.1 Å². The molecule has 1 heterocycles. The van der Waals surface area contributed by atoms with Crippen LogP contribution in [0.25, 0.3) is 0 Å². The van der Waals surface area contributed by atoms with Crippen molar-refractivity contribution in [3.05, 3.63) is 23.8 Å². The van der Waals surface area contributed by atoms with Gasteiger partial charge in [-0.1, -0.05) is 0 Å². The molecule has 1 aliphatic rings. The lowest BCUT2D eigenvalue weighted by molar-refractivity contribution is -0.115. The molecule has 0 saturated carbocycles. The minimum absolute atomic E-state index is 0.0167. The van der Waals surface area contributed by atoms with E-state index in [1.54, 1.807) is 26.2 Å². The normalized spacial score (nSPS) is 18.3. The molecule has 4 nitrogen and oxygen atoms in total. The maximum absolute atomic E-state index is 11.8. The summed E-state index contributed by atoms with van der Waals surface area (Å²) < 4.78 is 0. The number of nitrogens with zero attached hydrogens (tertiary/aromatic N) is 1. The number of hydrogen-bond donors (Lipinski definition) is 1. The Bertz CT molecular complexity index is 485. The van der Waals surface area contributed by atoms with Gasteiger partial charge in [0.15, 0.2) is 0 Å². The summed E-state index contributed by atoms with van der Waals surface area (Å²) in [5.74, 6) is -0.0809. The van der Waals surface area contributed by atoms with Crippen molar-refractivity contribution < 1.29 is 9.59 Å². The van der Waals surface area contributed by atoms with Crippen LogP contribution in [0.2, 0.25) is 0 Å². The van der Waals surface area contributed by atoms with Gasteiger partial charge in [0.2, 0.25) is 5.91 Å². The number of carbonyl (C=O) groups is 2. The van der Waals surface area contributed by atoms with Gasteiger partial charge in [-0.3, -0.25) is 9.59 Å². The third kappa shape index (κ3) is 2.29. The van der Waals surface area contributed by atoms with E-state index < -0.39 is 0 Å². The summed E-state index contributed by atoms with van der Waals surface area (Å²) in [4.78, 5) is 25.8. The Morgan fingerprint density at radius 3 is 2.76 bits per heavy atom. The lowest BCUT2D eigenvalue weighted by Gasteiger charge is -2.22. The lowest BCUT2D eigenvalue weighted by atomic mass is 10.1. The zero-order valence-corrected chi connectivity index (χ0v) is 10.8. The Morgan fingerprint density at radius 2 is 2.12 bits per heavy atom. The molecule has 0 radical (unpaired) electrons. The average molecular weight is 250 g/mol. The fourth-order valence-electron chi connectivity index (χ4n) is 1.60. The predicted octanol–water partition coefficient (Wildman–Crippen LogP) is 1.82. The molecular formula is C12H14N2O2S. The summed E-state index contributed by atoms with van der Waals surface area (Å²) in [6, 6.07) is 5.40. The van der Waals surface area contributed by atoms with E-state index in [0.717, 1.165) is 10.6 Å². The van der Waals surface area contributed by atoms with Crippen LogP contribution in [0, 0.1) is 0 Å². The van der Waals surface area contributed by atoms with Crippen LogP contribution in [0.1, 0.15) is 17.3 Å². The molecule has 90 valence electrons. The standard InChI is InChI=1S/C12H14N2O2S/c1-7-11(15)13-9-6-8(12(16)14(2)3)4-5-10(9)17-7/h4-7H,1-3H3,(H,13,15)/t7-/m0/s1. The number of amides is 2. The first-order chi connectivity index (χ1) is 7.99. The maximum atomic E-state index is 11.8. The Morgan fingerprint density at radius 1 is 1.41 bits per heavy atom. The number of hydrogen-bond acceptors (Lipinski definition) is 3. The summed E-state index contributed by atoms with van der Waals surface area (Å²) in [6.45, 7) is 1.86. The van der Waals surface area contributed by atoms with Gasteiger partial charge < -0.3 is 10.2 Å². The molecule has 1 aromatic rings. The van der Waals surface area contributed by atoms with Crippen LogP contribution in [-0.2, 0) is 4.79 Å². The largest absolute Gasteiger partial charge is 0.345 e. The van der Waals surface area contributed by atoms with E-state index in [-0.39, 0.29) is 17.1 Å². The van der Waals surface area contributed by atoms with Crippen molar-refractivity contribution >= 4 is 29.3 Å². The van der Waals surface area contributed by atoms with Crippen LogP contribution in [0.4, 0.5) is 5.69 Å². The van der Waals surface area contributed by atoms with E-state index in [1.807, 2.05) is 13.0 Å². The highest BCUT2D eigenvalue weighted by atomic mass is 32.2. The number of benzene rings is 1. The van der Waals surface area contributed by atoms with Crippen LogP contribution in [0.15, 0.2) is 23.1 Å². The Balaban J connectivity index is 2.35. The van der Waals surface area contributed by atoms with E-state index >= 15 is 0 Å². The third-order valence-electron chi connectivity index (χ3n) is 2.56. The molecule has 5 heteroatoms. The second-order valence-electron chi connectivity index (χ2n) is 4.16. The van der Waals surface area contributed by atoms with E-state index in [2.05, 4.69) is 5.32 Å². The molecule has 1 N–H and O–H groups in total. The minimum atomic E-state index is -0.0853. The van der Waals surface area contributed by atoms with Gasteiger partial charge in [0.1, 0.15) is 0 Å². The molecule has 0 spiro atoms. The van der Waals surface area contributed by atoms with Gasteiger partial charge in [-0.25, -0.2) is 0 Å². The van der Waals surface area contributed by atoms with Crippen LogP contribution in [0.3, 0.4) is 0 Å². The first-order valence-electron chi connectivity index (χ1n) is 5.32. The number of thioether (sulfide) groups is 1. The summed E-state index contributed by atoms with van der Waals surface area (Å²) in [6.07, 6.45) is 0. The number of rotatable bonds is 1. The van der Waals surface area contributed by atoms with Gasteiger partial charge in [-0.15, -0.1) is 11.8 Å². The number of anilines is 1. The van der Waals surface area contributed by atoms with Gasteiger partial charge in [0.25, 0.3) is 5.91 Å². The molecule has 2 amide bonds. The van der Waals surface area contributed by atoms with Gasteiger partial charge in [-0.05, 0) is 25.1 Å². The Labute approximate surface area is 104 Å². The summed E-state index contributed by atoms with van der Waals surface area (Å²) in [5, 5.41) is 2.73. The number of fused-ring (bicyclic) bond motifs is 1. The van der Waals surface area contributed by atoms with Gasteiger partial charge in [-0.2, -0.15) is 0 Å².